The second kappa shape index (κ2) is 8.95. The van der Waals surface area contributed by atoms with Crippen LogP contribution in [0.2, 0.25) is 0 Å². The summed E-state index contributed by atoms with van der Waals surface area (Å²) in [6.45, 7) is 2.84. The van der Waals surface area contributed by atoms with E-state index in [0.717, 1.165) is 41.7 Å². The molecule has 0 aromatic heterocycles. The van der Waals surface area contributed by atoms with Crippen molar-refractivity contribution in [2.24, 2.45) is 5.73 Å². The van der Waals surface area contributed by atoms with Crippen LogP contribution in [0.1, 0.15) is 35.2 Å². The van der Waals surface area contributed by atoms with Gasteiger partial charge in [-0.05, 0) is 55.2 Å². The molecule has 2 heterocycles. The van der Waals surface area contributed by atoms with Crippen molar-refractivity contribution in [3.05, 3.63) is 45.9 Å². The van der Waals surface area contributed by atoms with E-state index in [9.17, 15) is 9.59 Å². The lowest BCUT2D eigenvalue weighted by atomic mass is 10.1. The predicted octanol–water partition coefficient (Wildman–Crippen LogP) is 3.49. The van der Waals surface area contributed by atoms with Crippen molar-refractivity contribution >= 4 is 39.1 Å². The van der Waals surface area contributed by atoms with Gasteiger partial charge < -0.3 is 25.4 Å². The SMILES string of the molecule is NC(=O)c1ccc(N2CCCCC2)c(NC(=O)Cc2cc3c(cc2Br)OCCO3)c1. The number of hydrogen-bond donors (Lipinski definition) is 2. The van der Waals surface area contributed by atoms with Gasteiger partial charge in [0.25, 0.3) is 0 Å². The maximum atomic E-state index is 12.9. The molecular weight excluding hydrogens is 450 g/mol. The third-order valence-electron chi connectivity index (χ3n) is 5.31. The number of nitrogens with zero attached hydrogens (tertiary/aromatic N) is 1. The lowest BCUT2D eigenvalue weighted by Crippen LogP contribution is -2.30. The molecule has 1 saturated heterocycles. The highest BCUT2D eigenvalue weighted by Gasteiger charge is 2.20. The number of nitrogens with two attached hydrogens (primary N) is 1. The van der Waals surface area contributed by atoms with E-state index in [2.05, 4.69) is 26.1 Å². The van der Waals surface area contributed by atoms with Crippen molar-refractivity contribution in [1.29, 1.82) is 0 Å². The van der Waals surface area contributed by atoms with E-state index < -0.39 is 5.91 Å². The Morgan fingerprint density at radius 1 is 1.03 bits per heavy atom. The van der Waals surface area contributed by atoms with Crippen LogP contribution in [0.25, 0.3) is 0 Å². The Morgan fingerprint density at radius 3 is 2.43 bits per heavy atom. The van der Waals surface area contributed by atoms with Gasteiger partial charge in [-0.3, -0.25) is 9.59 Å². The summed E-state index contributed by atoms with van der Waals surface area (Å²) in [6, 6.07) is 8.87. The molecule has 8 heteroatoms. The first-order chi connectivity index (χ1) is 14.5. The molecule has 0 unspecified atom stereocenters. The van der Waals surface area contributed by atoms with Gasteiger partial charge in [-0.15, -0.1) is 0 Å². The van der Waals surface area contributed by atoms with Gasteiger partial charge >= 0.3 is 0 Å². The fourth-order valence-corrected chi connectivity index (χ4v) is 4.27. The minimum absolute atomic E-state index is 0.150. The Kier molecular flexibility index (Phi) is 6.13. The molecule has 1 fully saturated rings. The smallest absolute Gasteiger partial charge is 0.248 e. The number of benzene rings is 2. The van der Waals surface area contributed by atoms with Crippen LogP contribution in [0.3, 0.4) is 0 Å². The van der Waals surface area contributed by atoms with Gasteiger partial charge in [0.1, 0.15) is 13.2 Å². The molecule has 2 amide bonds. The van der Waals surface area contributed by atoms with Gasteiger partial charge in [-0.1, -0.05) is 15.9 Å². The van der Waals surface area contributed by atoms with Gasteiger partial charge in [-0.2, -0.15) is 0 Å². The number of anilines is 2. The third kappa shape index (κ3) is 4.53. The summed E-state index contributed by atoms with van der Waals surface area (Å²) in [7, 11) is 0. The van der Waals surface area contributed by atoms with Crippen LogP contribution < -0.4 is 25.4 Å². The number of ether oxygens (including phenoxy) is 2. The second-order valence-electron chi connectivity index (χ2n) is 7.46. The molecule has 3 N–H and O–H groups in total. The van der Waals surface area contributed by atoms with Crippen molar-refractivity contribution in [2.45, 2.75) is 25.7 Å². The number of carbonyl (C=O) groups is 2. The van der Waals surface area contributed by atoms with Crippen molar-refractivity contribution < 1.29 is 19.1 Å². The minimum Gasteiger partial charge on any atom is -0.486 e. The fraction of sp³-hybridized carbons (Fsp3) is 0.364. The average Bonchev–Trinajstić information content (AvgIpc) is 2.74. The number of fused-ring (bicyclic) bond motifs is 1. The van der Waals surface area contributed by atoms with Crippen molar-refractivity contribution in [3.63, 3.8) is 0 Å². The monoisotopic (exact) mass is 473 g/mol. The largest absolute Gasteiger partial charge is 0.486 e. The van der Waals surface area contributed by atoms with E-state index in [1.165, 1.54) is 6.42 Å². The van der Waals surface area contributed by atoms with Crippen LogP contribution in [0.5, 0.6) is 11.5 Å². The normalized spacial score (nSPS) is 15.6. The second-order valence-corrected chi connectivity index (χ2v) is 8.31. The molecule has 0 saturated carbocycles. The zero-order chi connectivity index (χ0) is 21.1. The number of amides is 2. The number of halogens is 1. The number of piperidine rings is 1. The van der Waals surface area contributed by atoms with Crippen molar-refractivity contribution in [2.75, 3.05) is 36.5 Å². The molecule has 2 aliphatic rings. The van der Waals surface area contributed by atoms with Crippen LogP contribution in [-0.4, -0.2) is 38.1 Å². The molecule has 0 radical (unpaired) electrons. The van der Waals surface area contributed by atoms with Crippen molar-refractivity contribution in [1.82, 2.24) is 0 Å². The van der Waals surface area contributed by atoms with E-state index in [4.69, 9.17) is 15.2 Å². The Labute approximate surface area is 183 Å². The maximum Gasteiger partial charge on any atom is 0.248 e. The van der Waals surface area contributed by atoms with Gasteiger partial charge in [0.15, 0.2) is 11.5 Å². The summed E-state index contributed by atoms with van der Waals surface area (Å²) in [6.07, 6.45) is 3.57. The number of rotatable bonds is 5. The van der Waals surface area contributed by atoms with E-state index in [-0.39, 0.29) is 12.3 Å². The molecule has 30 heavy (non-hydrogen) atoms. The van der Waals surface area contributed by atoms with Gasteiger partial charge in [0.05, 0.1) is 17.8 Å². The molecular formula is C22H24BrN3O4. The molecule has 7 nitrogen and oxygen atoms in total. The summed E-state index contributed by atoms with van der Waals surface area (Å²) in [4.78, 5) is 26.8. The molecule has 2 aromatic rings. The molecule has 2 aromatic carbocycles. The Bertz CT molecular complexity index is 973. The summed E-state index contributed by atoms with van der Waals surface area (Å²) < 4.78 is 12.0. The summed E-state index contributed by atoms with van der Waals surface area (Å²) in [5.41, 5.74) is 8.13. The molecule has 158 valence electrons. The Hall–Kier alpha value is -2.74. The number of carbonyl (C=O) groups excluding carboxylic acids is 2. The lowest BCUT2D eigenvalue weighted by molar-refractivity contribution is -0.115. The zero-order valence-corrected chi connectivity index (χ0v) is 18.2. The highest BCUT2D eigenvalue weighted by Crippen LogP contribution is 2.36. The molecule has 0 atom stereocenters. The lowest BCUT2D eigenvalue weighted by Gasteiger charge is -2.30. The highest BCUT2D eigenvalue weighted by atomic mass is 79.9. The van der Waals surface area contributed by atoms with E-state index in [1.807, 2.05) is 18.2 Å². The van der Waals surface area contributed by atoms with Gasteiger partial charge in [-0.25, -0.2) is 0 Å². The van der Waals surface area contributed by atoms with Crippen LogP contribution in [0.15, 0.2) is 34.8 Å². The van der Waals surface area contributed by atoms with E-state index in [1.54, 1.807) is 12.1 Å². The summed E-state index contributed by atoms with van der Waals surface area (Å²) in [5, 5.41) is 2.98. The number of nitrogens with one attached hydrogen (secondary N) is 1. The van der Waals surface area contributed by atoms with Gasteiger partial charge in [0, 0.05) is 23.1 Å². The Balaban J connectivity index is 1.56. The first-order valence-electron chi connectivity index (χ1n) is 10.1. The molecule has 0 aliphatic carbocycles. The maximum absolute atomic E-state index is 12.9. The predicted molar refractivity (Wildman–Crippen MR) is 118 cm³/mol. The molecule has 2 aliphatic heterocycles. The fourth-order valence-electron chi connectivity index (χ4n) is 3.81. The topological polar surface area (TPSA) is 93.9 Å². The quantitative estimate of drug-likeness (QED) is 0.692. The van der Waals surface area contributed by atoms with Crippen LogP contribution in [0.4, 0.5) is 11.4 Å². The highest BCUT2D eigenvalue weighted by molar-refractivity contribution is 9.10. The average molecular weight is 474 g/mol. The van der Waals surface area contributed by atoms with Crippen LogP contribution in [0, 0.1) is 0 Å². The molecule has 0 bridgehead atoms. The summed E-state index contributed by atoms with van der Waals surface area (Å²) >= 11 is 3.51. The Morgan fingerprint density at radius 2 is 1.73 bits per heavy atom. The number of primary amides is 1. The minimum atomic E-state index is -0.523. The van der Waals surface area contributed by atoms with Crippen LogP contribution >= 0.6 is 15.9 Å². The molecule has 0 spiro atoms. The number of hydrogen-bond acceptors (Lipinski definition) is 5. The third-order valence-corrected chi connectivity index (χ3v) is 6.05. The molecule has 4 rings (SSSR count). The van der Waals surface area contributed by atoms with E-state index in [0.29, 0.717) is 36.0 Å². The zero-order valence-electron chi connectivity index (χ0n) is 16.6. The standard InChI is InChI=1S/C22H24BrN3O4/c23-16-13-20-19(29-8-9-30-20)11-15(16)12-21(27)25-17-10-14(22(24)28)4-5-18(17)26-6-2-1-3-7-26/h4-5,10-11,13H,1-3,6-9,12H2,(H2,24,28)(H,25,27). The van der Waals surface area contributed by atoms with Crippen molar-refractivity contribution in [3.8, 4) is 11.5 Å². The van der Waals surface area contributed by atoms with E-state index >= 15 is 0 Å². The first-order valence-corrected chi connectivity index (χ1v) is 10.9. The van der Waals surface area contributed by atoms with Gasteiger partial charge in [0.2, 0.25) is 11.8 Å². The summed E-state index contributed by atoms with van der Waals surface area (Å²) in [5.74, 6) is 0.591. The first kappa shape index (κ1) is 20.5. The van der Waals surface area contributed by atoms with Crippen LogP contribution in [-0.2, 0) is 11.2 Å².